The molecule has 1 aromatic carbocycles. The maximum Gasteiger partial charge on any atom is 0.435 e. The Morgan fingerprint density at radius 2 is 1.73 bits per heavy atom. The zero-order valence-corrected chi connectivity index (χ0v) is 23.9. The quantitative estimate of drug-likeness (QED) is 0.324. The van der Waals surface area contributed by atoms with Crippen LogP contribution in [0.3, 0.4) is 0 Å². The van der Waals surface area contributed by atoms with E-state index in [-0.39, 0.29) is 65.4 Å². The van der Waals surface area contributed by atoms with E-state index in [1.165, 1.54) is 65.1 Å². The molecule has 4 heterocycles. The number of hydrogen-bond acceptors (Lipinski definition) is 7. The fourth-order valence-electron chi connectivity index (χ4n) is 4.61. The topological polar surface area (TPSA) is 148 Å². The molecule has 0 atom stereocenters. The van der Waals surface area contributed by atoms with Crippen LogP contribution >= 0.6 is 11.6 Å². The van der Waals surface area contributed by atoms with Crippen LogP contribution in [0.4, 0.5) is 23.7 Å². The van der Waals surface area contributed by atoms with Gasteiger partial charge in [0, 0.05) is 45.1 Å². The number of benzene rings is 1. The molecule has 1 aliphatic heterocycles. The summed E-state index contributed by atoms with van der Waals surface area (Å²) in [6.45, 7) is 0.740. The van der Waals surface area contributed by atoms with Gasteiger partial charge in [0.15, 0.2) is 17.3 Å². The third-order valence-corrected chi connectivity index (χ3v) is 7.25. The first-order chi connectivity index (χ1) is 20.9. The molecule has 17 heteroatoms. The molecule has 4 aromatic rings. The van der Waals surface area contributed by atoms with Crippen LogP contribution in [0.5, 0.6) is 5.75 Å². The van der Waals surface area contributed by atoms with Crippen LogP contribution in [0.25, 0.3) is 17.1 Å². The van der Waals surface area contributed by atoms with E-state index in [1.807, 2.05) is 0 Å². The van der Waals surface area contributed by atoms with E-state index in [9.17, 15) is 27.6 Å². The number of nitrogens with zero attached hydrogens (tertiary/aromatic N) is 7. The number of piperazine rings is 1. The van der Waals surface area contributed by atoms with Gasteiger partial charge in [-0.05, 0) is 30.3 Å². The number of pyridine rings is 1. The predicted octanol–water partition coefficient (Wildman–Crippen LogP) is 4.04. The molecule has 1 aliphatic rings. The van der Waals surface area contributed by atoms with Gasteiger partial charge in [-0.3, -0.25) is 9.59 Å². The minimum Gasteiger partial charge on any atom is -0.495 e. The van der Waals surface area contributed by atoms with E-state index in [2.05, 4.69) is 20.4 Å². The van der Waals surface area contributed by atoms with Gasteiger partial charge in [-0.2, -0.15) is 18.3 Å². The smallest absolute Gasteiger partial charge is 0.435 e. The first kappa shape index (κ1) is 30.3. The molecule has 3 aromatic heterocycles. The second-order valence-electron chi connectivity index (χ2n) is 9.63. The van der Waals surface area contributed by atoms with Crippen LogP contribution in [-0.2, 0) is 13.2 Å². The van der Waals surface area contributed by atoms with Crippen LogP contribution in [0.15, 0.2) is 48.9 Å². The van der Waals surface area contributed by atoms with Crippen molar-refractivity contribution in [1.82, 2.24) is 34.1 Å². The summed E-state index contributed by atoms with van der Waals surface area (Å²) in [5.74, 6) is -0.799. The monoisotopic (exact) mass is 632 g/mol. The zero-order chi connectivity index (χ0) is 31.8. The minimum atomic E-state index is -4.82. The Morgan fingerprint density at radius 1 is 1.02 bits per heavy atom. The van der Waals surface area contributed by atoms with Gasteiger partial charge in [0.05, 0.1) is 41.3 Å². The Kier molecular flexibility index (Phi) is 8.19. The third kappa shape index (κ3) is 6.01. The van der Waals surface area contributed by atoms with Gasteiger partial charge >= 0.3 is 12.3 Å². The van der Waals surface area contributed by atoms with Crippen molar-refractivity contribution >= 4 is 35.2 Å². The molecule has 0 unspecified atom stereocenters. The summed E-state index contributed by atoms with van der Waals surface area (Å²) in [6, 6.07) is 7.20. The number of rotatable bonds is 6. The Bertz CT molecular complexity index is 1730. The van der Waals surface area contributed by atoms with Crippen molar-refractivity contribution in [3.63, 3.8) is 0 Å². The van der Waals surface area contributed by atoms with Gasteiger partial charge in [0.1, 0.15) is 5.75 Å². The van der Waals surface area contributed by atoms with Crippen LogP contribution in [0.1, 0.15) is 26.7 Å². The van der Waals surface area contributed by atoms with Gasteiger partial charge in [-0.15, -0.1) is 0 Å². The average molecular weight is 633 g/mol. The summed E-state index contributed by atoms with van der Waals surface area (Å²) < 4.78 is 49.1. The highest BCUT2D eigenvalue weighted by molar-refractivity contribution is 6.34. The van der Waals surface area contributed by atoms with Crippen LogP contribution in [0.2, 0.25) is 5.02 Å². The molecule has 44 heavy (non-hydrogen) atoms. The van der Waals surface area contributed by atoms with Crippen LogP contribution in [0, 0.1) is 0 Å². The van der Waals surface area contributed by atoms with E-state index < -0.39 is 29.8 Å². The molecule has 3 amide bonds. The number of aromatic nitrogens is 5. The lowest BCUT2D eigenvalue weighted by atomic mass is 10.1. The number of imidazole rings is 1. The fourth-order valence-corrected chi connectivity index (χ4v) is 4.87. The number of ether oxygens (including phenoxy) is 1. The van der Waals surface area contributed by atoms with Crippen molar-refractivity contribution in [2.45, 2.75) is 6.18 Å². The summed E-state index contributed by atoms with van der Waals surface area (Å²) in [7, 11) is 2.82. The molecular formula is C27H24ClF3N8O5. The molecule has 0 radical (unpaired) electrons. The molecule has 5 rings (SSSR count). The van der Waals surface area contributed by atoms with Gasteiger partial charge in [-0.1, -0.05) is 11.6 Å². The number of anilines is 1. The maximum absolute atomic E-state index is 14.0. The zero-order valence-electron chi connectivity index (χ0n) is 23.2. The van der Waals surface area contributed by atoms with E-state index in [1.54, 1.807) is 0 Å². The van der Waals surface area contributed by atoms with Gasteiger partial charge in [0.25, 0.3) is 11.8 Å². The summed E-state index contributed by atoms with van der Waals surface area (Å²) in [5.41, 5.74) is -1.16. The molecule has 0 spiro atoms. The Balaban J connectivity index is 1.35. The van der Waals surface area contributed by atoms with Crippen molar-refractivity contribution < 1.29 is 37.4 Å². The number of amides is 3. The van der Waals surface area contributed by atoms with Crippen LogP contribution < -0.4 is 10.1 Å². The Morgan fingerprint density at radius 3 is 2.32 bits per heavy atom. The number of carboxylic acid groups (broad SMARTS) is 1. The standard InChI is InChI=1S/C27H24ClF3N8O5/c1-36-20(18-14-39(35-22(18)27(29,30)31)21-6-4-16(44-2)12-32-21)13-33-23(36)24(40)34-15-3-5-17(19(28)11-15)25(41)37-7-9-38(10-8-37)26(42)43/h3-6,11-14H,7-10H2,1-2H3,(H,34,40)(H,42,43). The summed E-state index contributed by atoms with van der Waals surface area (Å²) in [6.07, 6.45) is -2.26. The molecule has 1 fully saturated rings. The second kappa shape index (κ2) is 11.9. The highest BCUT2D eigenvalue weighted by Crippen LogP contribution is 2.37. The van der Waals surface area contributed by atoms with E-state index in [4.69, 9.17) is 21.4 Å². The summed E-state index contributed by atoms with van der Waals surface area (Å²) in [5, 5.41) is 15.4. The Labute approximate surface area is 252 Å². The number of methoxy groups -OCH3 is 1. The number of carbonyl (C=O) groups excluding carboxylic acids is 2. The Hall–Kier alpha value is -5.12. The van der Waals surface area contributed by atoms with E-state index in [0.717, 1.165) is 17.1 Å². The molecule has 0 saturated carbocycles. The summed E-state index contributed by atoms with van der Waals surface area (Å²) >= 11 is 6.35. The SMILES string of the molecule is COc1ccc(-n2cc(-c3cnc(C(=O)Nc4ccc(C(=O)N5CCN(C(=O)O)CC5)c(Cl)c4)n3C)c(C(F)(F)F)n2)nc1. The third-order valence-electron chi connectivity index (χ3n) is 6.94. The summed E-state index contributed by atoms with van der Waals surface area (Å²) in [4.78, 5) is 47.9. The van der Waals surface area contributed by atoms with Gasteiger partial charge < -0.3 is 29.5 Å². The second-order valence-corrected chi connectivity index (χ2v) is 10.0. The minimum absolute atomic E-state index is 0.0239. The van der Waals surface area contributed by atoms with Gasteiger partial charge in [-0.25, -0.2) is 19.4 Å². The molecule has 0 aliphatic carbocycles. The van der Waals surface area contributed by atoms with Crippen molar-refractivity contribution in [2.24, 2.45) is 7.05 Å². The number of carbonyl (C=O) groups is 3. The predicted molar refractivity (Wildman–Crippen MR) is 150 cm³/mol. The molecule has 1 saturated heterocycles. The van der Waals surface area contributed by atoms with E-state index in [0.29, 0.717) is 5.75 Å². The highest BCUT2D eigenvalue weighted by Gasteiger charge is 2.39. The number of alkyl halides is 3. The normalized spacial score (nSPS) is 13.6. The van der Waals surface area contributed by atoms with Crippen LogP contribution in [-0.4, -0.2) is 90.4 Å². The lowest BCUT2D eigenvalue weighted by Crippen LogP contribution is -2.50. The molecule has 2 N–H and O–H groups in total. The number of halogens is 4. The molecule has 13 nitrogen and oxygen atoms in total. The first-order valence-corrected chi connectivity index (χ1v) is 13.3. The highest BCUT2D eigenvalue weighted by atomic mass is 35.5. The van der Waals surface area contributed by atoms with Crippen molar-refractivity contribution in [2.75, 3.05) is 38.6 Å². The molecule has 230 valence electrons. The lowest BCUT2D eigenvalue weighted by Gasteiger charge is -2.33. The first-order valence-electron chi connectivity index (χ1n) is 12.9. The molecular weight excluding hydrogens is 609 g/mol. The number of hydrogen-bond donors (Lipinski definition) is 2. The van der Waals surface area contributed by atoms with Crippen molar-refractivity contribution in [3.8, 4) is 22.8 Å². The van der Waals surface area contributed by atoms with Crippen molar-refractivity contribution in [1.29, 1.82) is 0 Å². The maximum atomic E-state index is 14.0. The number of nitrogens with one attached hydrogen (secondary N) is 1. The fraction of sp³-hybridized carbons (Fsp3) is 0.259. The average Bonchev–Trinajstić information content (AvgIpc) is 3.61. The largest absolute Gasteiger partial charge is 0.495 e. The van der Waals surface area contributed by atoms with Crippen molar-refractivity contribution in [3.05, 3.63) is 71.0 Å². The molecule has 0 bridgehead atoms. The van der Waals surface area contributed by atoms with E-state index >= 15 is 0 Å². The lowest BCUT2D eigenvalue weighted by molar-refractivity contribution is -0.140. The van der Waals surface area contributed by atoms with Gasteiger partial charge in [0.2, 0.25) is 0 Å².